The summed E-state index contributed by atoms with van der Waals surface area (Å²) in [7, 11) is 0. The van der Waals surface area contributed by atoms with Crippen LogP contribution in [0.5, 0.6) is 0 Å². The second-order valence-electron chi connectivity index (χ2n) is 5.76. The fraction of sp³-hybridized carbons (Fsp3) is 0.412. The van der Waals surface area contributed by atoms with Crippen LogP contribution in [0.25, 0.3) is 22.6 Å². The lowest BCUT2D eigenvalue weighted by atomic mass is 10.2. The minimum Gasteiger partial charge on any atom is -0.318 e. The van der Waals surface area contributed by atoms with E-state index in [1.54, 1.807) is 17.0 Å². The van der Waals surface area contributed by atoms with Crippen molar-refractivity contribution >= 4 is 11.2 Å². The molecule has 0 bridgehead atoms. The molecule has 0 aromatic carbocycles. The highest BCUT2D eigenvalue weighted by atomic mass is 16.2. The standard InChI is InChI=1S/C17H21N5O2/c1-3-5-11-22-15-13(16(23)20-17(22)24)21(10-4-2)14(19-15)12-6-8-18-9-7-12/h6-9H,3-5,10-11H2,1-2H3,(H,20,23,24). The lowest BCUT2D eigenvalue weighted by molar-refractivity contribution is 0.612. The van der Waals surface area contributed by atoms with Crippen LogP contribution in [0.15, 0.2) is 34.1 Å². The Labute approximate surface area is 139 Å². The molecule has 0 saturated heterocycles. The molecule has 0 atom stereocenters. The molecule has 126 valence electrons. The second kappa shape index (κ2) is 6.82. The molecule has 3 rings (SSSR count). The van der Waals surface area contributed by atoms with E-state index in [0.717, 1.165) is 24.8 Å². The van der Waals surface area contributed by atoms with E-state index in [9.17, 15) is 9.59 Å². The summed E-state index contributed by atoms with van der Waals surface area (Å²) in [4.78, 5) is 35.8. The van der Waals surface area contributed by atoms with Crippen LogP contribution in [0.1, 0.15) is 33.1 Å². The van der Waals surface area contributed by atoms with E-state index < -0.39 is 5.69 Å². The first kappa shape index (κ1) is 16.2. The molecule has 7 heteroatoms. The van der Waals surface area contributed by atoms with Crippen LogP contribution < -0.4 is 11.2 Å². The van der Waals surface area contributed by atoms with Crippen molar-refractivity contribution in [1.29, 1.82) is 0 Å². The number of hydrogen-bond donors (Lipinski definition) is 1. The number of nitrogens with zero attached hydrogens (tertiary/aromatic N) is 4. The van der Waals surface area contributed by atoms with Gasteiger partial charge in [-0.25, -0.2) is 9.78 Å². The van der Waals surface area contributed by atoms with Crippen molar-refractivity contribution in [1.82, 2.24) is 24.1 Å². The summed E-state index contributed by atoms with van der Waals surface area (Å²) in [5.74, 6) is 0.690. The monoisotopic (exact) mass is 327 g/mol. The average Bonchev–Trinajstić information content (AvgIpc) is 2.96. The van der Waals surface area contributed by atoms with Crippen LogP contribution in [-0.4, -0.2) is 24.1 Å². The van der Waals surface area contributed by atoms with E-state index in [2.05, 4.69) is 21.9 Å². The summed E-state index contributed by atoms with van der Waals surface area (Å²) in [6, 6.07) is 3.71. The van der Waals surface area contributed by atoms with Gasteiger partial charge in [-0.3, -0.25) is 19.3 Å². The first-order valence-corrected chi connectivity index (χ1v) is 8.31. The Morgan fingerprint density at radius 3 is 2.46 bits per heavy atom. The van der Waals surface area contributed by atoms with Crippen molar-refractivity contribution in [3.8, 4) is 11.4 Å². The zero-order valence-corrected chi connectivity index (χ0v) is 14.0. The van der Waals surface area contributed by atoms with Gasteiger partial charge in [0.1, 0.15) is 5.82 Å². The molecular weight excluding hydrogens is 306 g/mol. The van der Waals surface area contributed by atoms with E-state index in [4.69, 9.17) is 0 Å². The summed E-state index contributed by atoms with van der Waals surface area (Å²) in [6.45, 7) is 5.31. The predicted molar refractivity (Wildman–Crippen MR) is 93.0 cm³/mol. The van der Waals surface area contributed by atoms with Crippen LogP contribution in [0.2, 0.25) is 0 Å². The number of H-pyrrole nitrogens is 1. The molecule has 3 aromatic rings. The van der Waals surface area contributed by atoms with Gasteiger partial charge in [0, 0.05) is 31.0 Å². The number of unbranched alkanes of at least 4 members (excludes halogenated alkanes) is 1. The summed E-state index contributed by atoms with van der Waals surface area (Å²) in [5, 5.41) is 0. The number of pyridine rings is 1. The highest BCUT2D eigenvalue weighted by Crippen LogP contribution is 2.22. The molecule has 0 aliphatic heterocycles. The SMILES string of the molecule is CCCCn1c(=O)[nH]c(=O)c2c1nc(-c1ccncc1)n2CCC. The Hall–Kier alpha value is -2.70. The van der Waals surface area contributed by atoms with E-state index in [0.29, 0.717) is 30.1 Å². The molecule has 0 aliphatic rings. The van der Waals surface area contributed by atoms with Crippen molar-refractivity contribution in [2.45, 2.75) is 46.2 Å². The van der Waals surface area contributed by atoms with Gasteiger partial charge in [0.15, 0.2) is 11.2 Å². The molecule has 1 N–H and O–H groups in total. The van der Waals surface area contributed by atoms with Crippen LogP contribution in [0.4, 0.5) is 0 Å². The third-order valence-electron chi connectivity index (χ3n) is 4.01. The second-order valence-corrected chi connectivity index (χ2v) is 5.76. The first-order valence-electron chi connectivity index (χ1n) is 8.31. The van der Waals surface area contributed by atoms with Gasteiger partial charge in [-0.1, -0.05) is 20.3 Å². The van der Waals surface area contributed by atoms with Gasteiger partial charge in [0.2, 0.25) is 0 Å². The minimum atomic E-state index is -0.400. The third kappa shape index (κ3) is 2.77. The first-order chi connectivity index (χ1) is 11.7. The van der Waals surface area contributed by atoms with Crippen molar-refractivity contribution in [2.75, 3.05) is 0 Å². The fourth-order valence-corrected chi connectivity index (χ4v) is 2.86. The molecule has 3 aromatic heterocycles. The minimum absolute atomic E-state index is 0.385. The maximum absolute atomic E-state index is 12.4. The smallest absolute Gasteiger partial charge is 0.318 e. The molecule has 7 nitrogen and oxygen atoms in total. The molecule has 0 spiro atoms. The van der Waals surface area contributed by atoms with Gasteiger partial charge in [-0.2, -0.15) is 0 Å². The van der Waals surface area contributed by atoms with Gasteiger partial charge < -0.3 is 4.57 Å². The van der Waals surface area contributed by atoms with Gasteiger partial charge >= 0.3 is 5.69 Å². The van der Waals surface area contributed by atoms with Crippen molar-refractivity contribution < 1.29 is 0 Å². The number of nitrogens with one attached hydrogen (secondary N) is 1. The number of hydrogen-bond acceptors (Lipinski definition) is 4. The number of aromatic amines is 1. The highest BCUT2D eigenvalue weighted by Gasteiger charge is 2.18. The quantitative estimate of drug-likeness (QED) is 0.752. The number of aryl methyl sites for hydroxylation is 2. The molecule has 0 amide bonds. The van der Waals surface area contributed by atoms with Gasteiger partial charge in [-0.05, 0) is 25.0 Å². The van der Waals surface area contributed by atoms with Crippen LogP contribution >= 0.6 is 0 Å². The van der Waals surface area contributed by atoms with Crippen molar-refractivity contribution in [2.24, 2.45) is 0 Å². The lowest BCUT2D eigenvalue weighted by Crippen LogP contribution is -2.31. The van der Waals surface area contributed by atoms with Crippen LogP contribution in [0, 0.1) is 0 Å². The number of aromatic nitrogens is 5. The Morgan fingerprint density at radius 1 is 1.04 bits per heavy atom. The van der Waals surface area contributed by atoms with Crippen molar-refractivity contribution in [3.05, 3.63) is 45.4 Å². The van der Waals surface area contributed by atoms with Gasteiger partial charge in [0.05, 0.1) is 0 Å². The third-order valence-corrected chi connectivity index (χ3v) is 4.01. The van der Waals surface area contributed by atoms with Gasteiger partial charge in [-0.15, -0.1) is 0 Å². The lowest BCUT2D eigenvalue weighted by Gasteiger charge is -2.07. The Morgan fingerprint density at radius 2 is 1.79 bits per heavy atom. The Balaban J connectivity index is 2.34. The van der Waals surface area contributed by atoms with Crippen LogP contribution in [0.3, 0.4) is 0 Å². The summed E-state index contributed by atoms with van der Waals surface area (Å²) < 4.78 is 3.46. The molecular formula is C17H21N5O2. The topological polar surface area (TPSA) is 85.6 Å². The number of fused-ring (bicyclic) bond motifs is 1. The summed E-state index contributed by atoms with van der Waals surface area (Å²) in [5.41, 5.74) is 1.01. The maximum Gasteiger partial charge on any atom is 0.330 e. The molecule has 0 radical (unpaired) electrons. The molecule has 0 saturated carbocycles. The summed E-state index contributed by atoms with van der Waals surface area (Å²) in [6.07, 6.45) is 6.06. The molecule has 0 unspecified atom stereocenters. The normalized spacial score (nSPS) is 11.2. The van der Waals surface area contributed by atoms with Gasteiger partial charge in [0.25, 0.3) is 5.56 Å². The van der Waals surface area contributed by atoms with Crippen molar-refractivity contribution in [3.63, 3.8) is 0 Å². The van der Waals surface area contributed by atoms with E-state index in [1.165, 1.54) is 0 Å². The Kier molecular flexibility index (Phi) is 4.59. The van der Waals surface area contributed by atoms with E-state index >= 15 is 0 Å². The average molecular weight is 327 g/mol. The fourth-order valence-electron chi connectivity index (χ4n) is 2.86. The predicted octanol–water partition coefficient (Wildman–Crippen LogP) is 2.16. The van der Waals surface area contributed by atoms with Crippen LogP contribution in [-0.2, 0) is 13.1 Å². The zero-order chi connectivity index (χ0) is 17.1. The largest absolute Gasteiger partial charge is 0.330 e. The number of imidazole rings is 1. The molecule has 3 heterocycles. The molecule has 24 heavy (non-hydrogen) atoms. The Bertz CT molecular complexity index is 953. The molecule has 0 fully saturated rings. The summed E-state index contributed by atoms with van der Waals surface area (Å²) >= 11 is 0. The highest BCUT2D eigenvalue weighted by molar-refractivity contribution is 5.76. The number of rotatable bonds is 6. The van der Waals surface area contributed by atoms with E-state index in [-0.39, 0.29) is 5.56 Å². The zero-order valence-electron chi connectivity index (χ0n) is 14.0. The molecule has 0 aliphatic carbocycles. The maximum atomic E-state index is 12.4. The van der Waals surface area contributed by atoms with E-state index in [1.807, 2.05) is 23.6 Å².